The van der Waals surface area contributed by atoms with E-state index in [0.717, 1.165) is 5.82 Å². The van der Waals surface area contributed by atoms with Crippen molar-refractivity contribution in [2.24, 2.45) is 0 Å². The highest BCUT2D eigenvalue weighted by atomic mass is 31.2. The molecule has 11 heavy (non-hydrogen) atoms. The van der Waals surface area contributed by atoms with E-state index in [0.29, 0.717) is 0 Å². The predicted octanol–water partition coefficient (Wildman–Crippen LogP) is 0.728. The van der Waals surface area contributed by atoms with Crippen LogP contribution in [0.2, 0.25) is 0 Å². The Morgan fingerprint density at radius 2 is 2.00 bits per heavy atom. The van der Waals surface area contributed by atoms with Crippen LogP contribution >= 0.6 is 7.60 Å². The topological polar surface area (TPSA) is 57.5 Å². The summed E-state index contributed by atoms with van der Waals surface area (Å²) >= 11 is 0. The van der Waals surface area contributed by atoms with Gasteiger partial charge in [0.15, 0.2) is 0 Å². The molecule has 0 aromatic carbocycles. The largest absolute Gasteiger partial charge is 0.348 e. The molecule has 0 rings (SSSR count). The maximum Gasteiger partial charge on any atom is 0.348 e. The van der Waals surface area contributed by atoms with Gasteiger partial charge in [0.05, 0.1) is 9.52 Å². The van der Waals surface area contributed by atoms with Gasteiger partial charge in [0.2, 0.25) is 0 Å². The molecule has 0 aliphatic heterocycles. The zero-order chi connectivity index (χ0) is 8.91. The summed E-state index contributed by atoms with van der Waals surface area (Å²) in [7, 11) is -4.45. The molecule has 64 valence electrons. The second kappa shape index (κ2) is 4.67. The molecular weight excluding hydrogens is 179 g/mol. The normalized spacial score (nSPS) is 13.1. The number of rotatable bonds is 3. The summed E-state index contributed by atoms with van der Waals surface area (Å²) in [6, 6.07) is 0. The van der Waals surface area contributed by atoms with E-state index >= 15 is 0 Å². The van der Waals surface area contributed by atoms with Gasteiger partial charge in [-0.05, 0) is 13.8 Å². The van der Waals surface area contributed by atoms with E-state index in [2.05, 4.69) is 0 Å². The molecule has 0 fully saturated rings. The summed E-state index contributed by atoms with van der Waals surface area (Å²) in [5.74, 6) is 0.985. The Morgan fingerprint density at radius 3 is 2.36 bits per heavy atom. The van der Waals surface area contributed by atoms with Gasteiger partial charge in [0.25, 0.3) is 0 Å². The molecule has 0 unspecified atom stereocenters. The third kappa shape index (κ3) is 9.85. The first-order chi connectivity index (χ1) is 4.92. The minimum Gasteiger partial charge on any atom is -0.321 e. The molecule has 0 aliphatic carbocycles. The van der Waals surface area contributed by atoms with Crippen LogP contribution in [0.4, 0.5) is 0 Å². The van der Waals surface area contributed by atoms with Crippen LogP contribution in [0.3, 0.4) is 0 Å². The molecule has 0 heterocycles. The Kier molecular flexibility index (Phi) is 4.60. The van der Waals surface area contributed by atoms with Gasteiger partial charge in [-0.1, -0.05) is 17.0 Å². The Balaban J connectivity index is 3.81. The highest BCUT2D eigenvalue weighted by molar-refractivity contribution is 7.55. The molecule has 0 saturated heterocycles. The summed E-state index contributed by atoms with van der Waals surface area (Å²) in [4.78, 5) is 16.8. The fourth-order valence-corrected chi connectivity index (χ4v) is 2.69. The lowest BCUT2D eigenvalue weighted by Gasteiger charge is -1.92. The van der Waals surface area contributed by atoms with Crippen LogP contribution in [0.1, 0.15) is 13.8 Å². The van der Waals surface area contributed by atoms with E-state index in [9.17, 15) is 4.57 Å². The summed E-state index contributed by atoms with van der Waals surface area (Å²) in [5.41, 5.74) is 4.84. The van der Waals surface area contributed by atoms with Crippen molar-refractivity contribution in [3.8, 4) is 0 Å². The van der Waals surface area contributed by atoms with Gasteiger partial charge in [-0.2, -0.15) is 0 Å². The van der Waals surface area contributed by atoms with Crippen LogP contribution in [-0.4, -0.2) is 19.3 Å². The standard InChI is InChI=1S/C6H13O3PSi/c1-6(2)5-11-4-3-10(7,8)9/h3-5H,11H2,1-2H3,(H2,7,8,9). The zero-order valence-corrected chi connectivity index (χ0v) is 9.00. The van der Waals surface area contributed by atoms with Crippen molar-refractivity contribution in [1.82, 2.24) is 0 Å². The second-order valence-corrected chi connectivity index (χ2v) is 5.32. The van der Waals surface area contributed by atoms with Gasteiger partial charge in [-0.15, -0.1) is 0 Å². The predicted molar refractivity (Wildman–Crippen MR) is 49.2 cm³/mol. The molecule has 0 amide bonds. The molecule has 2 N–H and O–H groups in total. The second-order valence-electron chi connectivity index (χ2n) is 2.49. The summed E-state index contributed by atoms with van der Waals surface area (Å²) in [6.07, 6.45) is 0. The monoisotopic (exact) mass is 192 g/mol. The van der Waals surface area contributed by atoms with Gasteiger partial charge < -0.3 is 9.79 Å². The maximum atomic E-state index is 10.3. The molecule has 0 saturated carbocycles. The zero-order valence-electron chi connectivity index (χ0n) is 6.69. The van der Waals surface area contributed by atoms with E-state index in [4.69, 9.17) is 9.79 Å². The lowest BCUT2D eigenvalue weighted by molar-refractivity contribution is 0.386. The first-order valence-electron chi connectivity index (χ1n) is 3.28. The van der Waals surface area contributed by atoms with Crippen molar-refractivity contribution >= 4 is 17.1 Å². The molecular formula is C6H13O3PSi. The Morgan fingerprint density at radius 1 is 1.45 bits per heavy atom. The molecule has 0 atom stereocenters. The van der Waals surface area contributed by atoms with Crippen LogP contribution in [0.5, 0.6) is 0 Å². The minimum absolute atomic E-state index is 0.551. The fourth-order valence-electron chi connectivity index (χ4n) is 0.502. The summed E-state index contributed by atoms with van der Waals surface area (Å²) in [5, 5.41) is 0. The molecule has 5 heteroatoms. The van der Waals surface area contributed by atoms with E-state index < -0.39 is 17.1 Å². The maximum absolute atomic E-state index is 10.3. The van der Waals surface area contributed by atoms with E-state index in [-0.39, 0.29) is 0 Å². The Labute approximate surface area is 68.8 Å². The van der Waals surface area contributed by atoms with Gasteiger partial charge >= 0.3 is 7.60 Å². The summed E-state index contributed by atoms with van der Waals surface area (Å²) in [6.45, 7) is 3.94. The quantitative estimate of drug-likeness (QED) is 0.512. The van der Waals surface area contributed by atoms with Crippen LogP contribution in [-0.2, 0) is 4.57 Å². The molecule has 0 aromatic rings. The minimum atomic E-state index is -3.90. The van der Waals surface area contributed by atoms with Crippen molar-refractivity contribution in [2.45, 2.75) is 13.8 Å². The molecule has 0 bridgehead atoms. The van der Waals surface area contributed by atoms with E-state index in [1.165, 1.54) is 5.57 Å². The van der Waals surface area contributed by atoms with Crippen molar-refractivity contribution in [3.05, 3.63) is 22.8 Å². The van der Waals surface area contributed by atoms with E-state index in [1.807, 2.05) is 19.5 Å². The lowest BCUT2D eigenvalue weighted by atomic mass is 10.4. The first kappa shape index (κ1) is 10.8. The van der Waals surface area contributed by atoms with Gasteiger partial charge in [-0.3, -0.25) is 4.57 Å². The molecule has 0 aliphatic rings. The smallest absolute Gasteiger partial charge is 0.321 e. The summed E-state index contributed by atoms with van der Waals surface area (Å²) < 4.78 is 10.3. The third-order valence-electron chi connectivity index (χ3n) is 0.962. The highest BCUT2D eigenvalue weighted by Crippen LogP contribution is 2.35. The van der Waals surface area contributed by atoms with Crippen LogP contribution in [0, 0.1) is 0 Å². The number of hydrogen-bond acceptors (Lipinski definition) is 1. The van der Waals surface area contributed by atoms with Crippen molar-refractivity contribution in [2.75, 3.05) is 0 Å². The molecule has 3 nitrogen and oxygen atoms in total. The van der Waals surface area contributed by atoms with Crippen molar-refractivity contribution in [1.29, 1.82) is 0 Å². The van der Waals surface area contributed by atoms with Crippen LogP contribution in [0.15, 0.2) is 22.8 Å². The van der Waals surface area contributed by atoms with Crippen molar-refractivity contribution < 1.29 is 14.4 Å². The molecule has 0 radical (unpaired) electrons. The average Bonchev–Trinajstić information content (AvgIpc) is 1.78. The molecule has 0 spiro atoms. The van der Waals surface area contributed by atoms with Crippen molar-refractivity contribution in [3.63, 3.8) is 0 Å². The first-order valence-corrected chi connectivity index (χ1v) is 6.59. The van der Waals surface area contributed by atoms with E-state index in [1.54, 1.807) is 5.70 Å². The van der Waals surface area contributed by atoms with Gasteiger partial charge in [0.1, 0.15) is 0 Å². The van der Waals surface area contributed by atoms with Gasteiger partial charge in [0, 0.05) is 5.82 Å². The Bertz CT molecular complexity index is 212. The van der Waals surface area contributed by atoms with Crippen LogP contribution < -0.4 is 0 Å². The van der Waals surface area contributed by atoms with Crippen LogP contribution in [0.25, 0.3) is 0 Å². The lowest BCUT2D eigenvalue weighted by Crippen LogP contribution is -1.79. The Hall–Kier alpha value is -0.153. The average molecular weight is 192 g/mol. The molecule has 0 aromatic heterocycles. The fraction of sp³-hybridized carbons (Fsp3) is 0.333. The van der Waals surface area contributed by atoms with Gasteiger partial charge in [-0.25, -0.2) is 0 Å². The highest BCUT2D eigenvalue weighted by Gasteiger charge is 2.03. The SMILES string of the molecule is CC(C)=C[SiH2]C=CP(=O)(O)O. The number of hydrogen-bond donors (Lipinski definition) is 2. The third-order valence-corrected chi connectivity index (χ3v) is 3.52. The number of allylic oxidation sites excluding steroid dienone is 1.